The van der Waals surface area contributed by atoms with Gasteiger partial charge < -0.3 is 15.5 Å². The SMILES string of the molecule is N#CCC[C@@H](NC(=O)[C@H](O)c1ccc(C(F)(F)F)cc1)C(=O)O. The molecule has 0 saturated carbocycles. The van der Waals surface area contributed by atoms with E-state index in [1.165, 1.54) is 0 Å². The van der Waals surface area contributed by atoms with Crippen LogP contribution >= 0.6 is 0 Å². The van der Waals surface area contributed by atoms with Crippen LogP contribution in [0.25, 0.3) is 0 Å². The lowest BCUT2D eigenvalue weighted by molar-refractivity contribution is -0.143. The number of halogens is 3. The molecule has 0 aliphatic rings. The molecule has 0 unspecified atom stereocenters. The molecule has 0 radical (unpaired) electrons. The van der Waals surface area contributed by atoms with E-state index in [2.05, 4.69) is 0 Å². The second-order valence-electron chi connectivity index (χ2n) is 4.62. The number of hydrogen-bond donors (Lipinski definition) is 3. The van der Waals surface area contributed by atoms with E-state index in [9.17, 15) is 27.9 Å². The van der Waals surface area contributed by atoms with E-state index in [1.54, 1.807) is 6.07 Å². The third-order valence-corrected chi connectivity index (χ3v) is 2.96. The molecule has 6 nitrogen and oxygen atoms in total. The van der Waals surface area contributed by atoms with Gasteiger partial charge in [-0.05, 0) is 24.1 Å². The number of aliphatic hydroxyl groups excluding tert-OH is 1. The summed E-state index contributed by atoms with van der Waals surface area (Å²) in [6.07, 6.45) is -6.64. The highest BCUT2D eigenvalue weighted by molar-refractivity contribution is 5.86. The molecule has 124 valence electrons. The van der Waals surface area contributed by atoms with Crippen LogP contribution in [0.3, 0.4) is 0 Å². The van der Waals surface area contributed by atoms with E-state index in [0.29, 0.717) is 12.1 Å². The van der Waals surface area contributed by atoms with E-state index < -0.39 is 35.8 Å². The molecule has 0 spiro atoms. The number of hydrogen-bond acceptors (Lipinski definition) is 4. The Kier molecular flexibility index (Phi) is 6.10. The fourth-order valence-corrected chi connectivity index (χ4v) is 1.72. The molecule has 3 N–H and O–H groups in total. The lowest BCUT2D eigenvalue weighted by Crippen LogP contribution is -2.43. The van der Waals surface area contributed by atoms with Crippen LogP contribution in [0.1, 0.15) is 30.1 Å². The summed E-state index contributed by atoms with van der Waals surface area (Å²) in [6.45, 7) is 0. The van der Waals surface area contributed by atoms with E-state index in [-0.39, 0.29) is 18.4 Å². The Morgan fingerprint density at radius 2 is 1.83 bits per heavy atom. The van der Waals surface area contributed by atoms with Gasteiger partial charge in [0.15, 0.2) is 6.10 Å². The average molecular weight is 330 g/mol. The molecular weight excluding hydrogens is 317 g/mol. The largest absolute Gasteiger partial charge is 0.480 e. The molecule has 2 atom stereocenters. The zero-order valence-electron chi connectivity index (χ0n) is 11.7. The molecule has 0 heterocycles. The predicted octanol–water partition coefficient (Wildman–Crippen LogP) is 1.61. The van der Waals surface area contributed by atoms with E-state index in [0.717, 1.165) is 12.1 Å². The van der Waals surface area contributed by atoms with Crippen LogP contribution in [-0.4, -0.2) is 28.1 Å². The van der Waals surface area contributed by atoms with Crippen molar-refractivity contribution in [3.05, 3.63) is 35.4 Å². The van der Waals surface area contributed by atoms with Crippen molar-refractivity contribution in [2.24, 2.45) is 0 Å². The molecule has 0 aromatic heterocycles. The Labute approximate surface area is 129 Å². The highest BCUT2D eigenvalue weighted by Crippen LogP contribution is 2.29. The minimum Gasteiger partial charge on any atom is -0.480 e. The highest BCUT2D eigenvalue weighted by atomic mass is 19.4. The second kappa shape index (κ2) is 7.60. The van der Waals surface area contributed by atoms with Crippen LogP contribution in [0.15, 0.2) is 24.3 Å². The van der Waals surface area contributed by atoms with Crippen LogP contribution in [0.4, 0.5) is 13.2 Å². The lowest BCUT2D eigenvalue weighted by atomic mass is 10.1. The number of benzene rings is 1. The number of nitriles is 1. The molecule has 0 fully saturated rings. The number of amides is 1. The van der Waals surface area contributed by atoms with E-state index in [4.69, 9.17) is 10.4 Å². The smallest absolute Gasteiger partial charge is 0.416 e. The molecule has 23 heavy (non-hydrogen) atoms. The van der Waals surface area contributed by atoms with Gasteiger partial charge in [-0.1, -0.05) is 12.1 Å². The Bertz CT molecular complexity index is 608. The molecule has 0 saturated heterocycles. The quantitative estimate of drug-likeness (QED) is 0.734. The number of aliphatic carboxylic acids is 1. The van der Waals surface area contributed by atoms with Crippen LogP contribution in [0, 0.1) is 11.3 Å². The Hall–Kier alpha value is -2.60. The maximum Gasteiger partial charge on any atom is 0.416 e. The number of aliphatic hydroxyl groups is 1. The number of alkyl halides is 3. The zero-order valence-corrected chi connectivity index (χ0v) is 11.7. The number of carboxylic acids is 1. The monoisotopic (exact) mass is 330 g/mol. The van der Waals surface area contributed by atoms with Crippen LogP contribution in [-0.2, 0) is 15.8 Å². The van der Waals surface area contributed by atoms with Crippen LogP contribution < -0.4 is 5.32 Å². The minimum absolute atomic E-state index is 0.111. The van der Waals surface area contributed by atoms with Crippen LogP contribution in [0.5, 0.6) is 0 Å². The highest BCUT2D eigenvalue weighted by Gasteiger charge is 2.31. The van der Waals surface area contributed by atoms with Gasteiger partial charge in [-0.2, -0.15) is 18.4 Å². The first-order chi connectivity index (χ1) is 10.7. The summed E-state index contributed by atoms with van der Waals surface area (Å²) in [7, 11) is 0. The average Bonchev–Trinajstić information content (AvgIpc) is 2.49. The number of rotatable bonds is 6. The van der Waals surface area contributed by atoms with E-state index in [1.807, 2.05) is 5.32 Å². The number of carbonyl (C=O) groups excluding carboxylic acids is 1. The van der Waals surface area contributed by atoms with Crippen molar-refractivity contribution in [2.75, 3.05) is 0 Å². The van der Waals surface area contributed by atoms with Gasteiger partial charge in [-0.15, -0.1) is 0 Å². The van der Waals surface area contributed by atoms with Gasteiger partial charge in [0.1, 0.15) is 6.04 Å². The predicted molar refractivity (Wildman–Crippen MR) is 70.8 cm³/mol. The summed E-state index contributed by atoms with van der Waals surface area (Å²) in [6, 6.07) is 3.62. The van der Waals surface area contributed by atoms with Crippen molar-refractivity contribution in [3.63, 3.8) is 0 Å². The summed E-state index contributed by atoms with van der Waals surface area (Å²) in [5.41, 5.74) is -1.05. The Morgan fingerprint density at radius 3 is 2.26 bits per heavy atom. The maximum absolute atomic E-state index is 12.4. The van der Waals surface area contributed by atoms with Gasteiger partial charge in [0.2, 0.25) is 0 Å². The standard InChI is InChI=1S/C14H13F3N2O4/c15-14(16,17)9-5-3-8(4-6-9)11(20)12(21)19-10(13(22)23)2-1-7-18/h3-6,10-11,20H,1-2H2,(H,19,21)(H,22,23)/t10-,11-/m1/s1. The third kappa shape index (κ3) is 5.27. The normalized spacial score (nSPS) is 13.7. The van der Waals surface area contributed by atoms with Gasteiger partial charge in [0.25, 0.3) is 5.91 Å². The van der Waals surface area contributed by atoms with Gasteiger partial charge in [0.05, 0.1) is 11.6 Å². The van der Waals surface area contributed by atoms with Crippen molar-refractivity contribution in [3.8, 4) is 6.07 Å². The second-order valence-corrected chi connectivity index (χ2v) is 4.62. The number of carbonyl (C=O) groups is 2. The lowest BCUT2D eigenvalue weighted by Gasteiger charge is -2.17. The summed E-state index contributed by atoms with van der Waals surface area (Å²) < 4.78 is 37.3. The van der Waals surface area contributed by atoms with Crippen molar-refractivity contribution in [1.82, 2.24) is 5.32 Å². The molecule has 1 amide bonds. The van der Waals surface area contributed by atoms with Gasteiger partial charge >= 0.3 is 12.1 Å². The van der Waals surface area contributed by atoms with Crippen molar-refractivity contribution >= 4 is 11.9 Å². The minimum atomic E-state index is -4.54. The molecule has 1 aromatic rings. The summed E-state index contributed by atoms with van der Waals surface area (Å²) >= 11 is 0. The fourth-order valence-electron chi connectivity index (χ4n) is 1.72. The zero-order chi connectivity index (χ0) is 17.6. The van der Waals surface area contributed by atoms with E-state index >= 15 is 0 Å². The first-order valence-electron chi connectivity index (χ1n) is 6.42. The Balaban J connectivity index is 2.79. The first kappa shape index (κ1) is 18.4. The van der Waals surface area contributed by atoms with Crippen molar-refractivity contribution in [1.29, 1.82) is 5.26 Å². The summed E-state index contributed by atoms with van der Waals surface area (Å²) in [5, 5.41) is 29.1. The topological polar surface area (TPSA) is 110 Å². The molecule has 0 aliphatic heterocycles. The molecule has 0 bridgehead atoms. The maximum atomic E-state index is 12.4. The summed E-state index contributed by atoms with van der Waals surface area (Å²) in [4.78, 5) is 22.7. The third-order valence-electron chi connectivity index (χ3n) is 2.96. The molecular formula is C14H13F3N2O4. The molecule has 9 heteroatoms. The molecule has 1 aromatic carbocycles. The summed E-state index contributed by atoms with van der Waals surface area (Å²) in [5.74, 6) is -2.46. The fraction of sp³-hybridized carbons (Fsp3) is 0.357. The molecule has 0 aliphatic carbocycles. The van der Waals surface area contributed by atoms with Crippen LogP contribution in [0.2, 0.25) is 0 Å². The van der Waals surface area contributed by atoms with Gasteiger partial charge in [-0.3, -0.25) is 4.79 Å². The van der Waals surface area contributed by atoms with Gasteiger partial charge in [-0.25, -0.2) is 4.79 Å². The number of nitrogens with zero attached hydrogens (tertiary/aromatic N) is 1. The first-order valence-corrected chi connectivity index (χ1v) is 6.42. The Morgan fingerprint density at radius 1 is 1.26 bits per heavy atom. The van der Waals surface area contributed by atoms with Crippen molar-refractivity contribution < 1.29 is 33.0 Å². The van der Waals surface area contributed by atoms with Gasteiger partial charge in [0, 0.05) is 6.42 Å². The number of carboxylic acid groups (broad SMARTS) is 1. The molecule has 1 rings (SSSR count). The van der Waals surface area contributed by atoms with Crippen molar-refractivity contribution in [2.45, 2.75) is 31.2 Å². The number of nitrogens with one attached hydrogen (secondary N) is 1.